The molecule has 0 bridgehead atoms. The molecule has 8 nitrogen and oxygen atoms in total. The maximum absolute atomic E-state index is 12.5. The molecule has 1 aliphatic heterocycles. The monoisotopic (exact) mass is 381 g/mol. The number of nitro benzene ring substituents is 1. The first kappa shape index (κ1) is 17.2. The van der Waals surface area contributed by atoms with Crippen LogP contribution in [0.1, 0.15) is 12.0 Å². The van der Waals surface area contributed by atoms with Crippen molar-refractivity contribution in [3.8, 4) is 0 Å². The Labute approximate surface area is 148 Å². The van der Waals surface area contributed by atoms with Gasteiger partial charge in [0.15, 0.2) is 0 Å². The molecule has 2 N–H and O–H groups in total. The van der Waals surface area contributed by atoms with Gasteiger partial charge in [0.1, 0.15) is 5.02 Å². The van der Waals surface area contributed by atoms with Gasteiger partial charge in [-0.3, -0.25) is 19.6 Å². The fraction of sp³-hybridized carbons (Fsp3) is 0.133. The summed E-state index contributed by atoms with van der Waals surface area (Å²) in [7, 11) is -3.94. The minimum absolute atomic E-state index is 0.00000189. The van der Waals surface area contributed by atoms with Crippen molar-refractivity contribution in [2.24, 2.45) is 0 Å². The van der Waals surface area contributed by atoms with E-state index in [2.05, 4.69) is 10.0 Å². The van der Waals surface area contributed by atoms with Crippen LogP contribution in [0, 0.1) is 10.1 Å². The summed E-state index contributed by atoms with van der Waals surface area (Å²) in [5, 5.41) is 13.5. The van der Waals surface area contributed by atoms with Crippen LogP contribution in [0.3, 0.4) is 0 Å². The number of anilines is 2. The fourth-order valence-corrected chi connectivity index (χ4v) is 3.74. The minimum atomic E-state index is -3.94. The van der Waals surface area contributed by atoms with Crippen LogP contribution < -0.4 is 10.0 Å². The number of sulfonamides is 1. The molecule has 0 spiro atoms. The molecule has 0 saturated heterocycles. The second-order valence-electron chi connectivity index (χ2n) is 5.40. The third-order valence-electron chi connectivity index (χ3n) is 3.68. The zero-order valence-electron chi connectivity index (χ0n) is 12.7. The normalized spacial score (nSPS) is 13.7. The highest BCUT2D eigenvalue weighted by Crippen LogP contribution is 2.30. The third-order valence-corrected chi connectivity index (χ3v) is 5.38. The smallest absolute Gasteiger partial charge is 0.289 e. The topological polar surface area (TPSA) is 118 Å². The number of benzene rings is 2. The molecule has 25 heavy (non-hydrogen) atoms. The molecule has 130 valence electrons. The van der Waals surface area contributed by atoms with Gasteiger partial charge in [0.05, 0.1) is 15.5 Å². The van der Waals surface area contributed by atoms with Gasteiger partial charge in [0.25, 0.3) is 15.7 Å². The summed E-state index contributed by atoms with van der Waals surface area (Å²) in [6, 6.07) is 7.99. The molecule has 0 atom stereocenters. The number of hydrogen-bond donors (Lipinski definition) is 2. The average molecular weight is 382 g/mol. The van der Waals surface area contributed by atoms with Gasteiger partial charge in [-0.1, -0.05) is 11.6 Å². The van der Waals surface area contributed by atoms with Crippen molar-refractivity contribution >= 4 is 44.6 Å². The number of aryl methyl sites for hydroxylation is 1. The Morgan fingerprint density at radius 3 is 2.64 bits per heavy atom. The van der Waals surface area contributed by atoms with Crippen molar-refractivity contribution in [1.82, 2.24) is 0 Å². The van der Waals surface area contributed by atoms with Crippen LogP contribution in [0.15, 0.2) is 41.3 Å². The molecule has 0 saturated carbocycles. The molecule has 0 radical (unpaired) electrons. The highest BCUT2D eigenvalue weighted by Gasteiger charge is 2.21. The summed E-state index contributed by atoms with van der Waals surface area (Å²) in [6.07, 6.45) is 0.726. The Morgan fingerprint density at radius 2 is 1.92 bits per heavy atom. The van der Waals surface area contributed by atoms with Crippen molar-refractivity contribution in [2.45, 2.75) is 17.7 Å². The van der Waals surface area contributed by atoms with E-state index in [0.717, 1.165) is 6.07 Å². The number of nitro groups is 1. The van der Waals surface area contributed by atoms with Crippen LogP contribution in [-0.2, 0) is 21.2 Å². The van der Waals surface area contributed by atoms with Gasteiger partial charge in [-0.15, -0.1) is 0 Å². The Balaban J connectivity index is 1.91. The SMILES string of the molecule is O=C1CCc2cc(S(=O)(=O)Nc3ccc(Cl)c([N+](=O)[O-])c3)ccc2N1. The van der Waals surface area contributed by atoms with Crippen molar-refractivity contribution in [2.75, 3.05) is 10.0 Å². The lowest BCUT2D eigenvalue weighted by molar-refractivity contribution is -0.384. The van der Waals surface area contributed by atoms with E-state index in [0.29, 0.717) is 17.7 Å². The van der Waals surface area contributed by atoms with E-state index in [-0.39, 0.29) is 27.9 Å². The second kappa shape index (κ2) is 6.34. The molecule has 2 aromatic rings. The number of nitrogens with one attached hydrogen (secondary N) is 2. The summed E-state index contributed by atoms with van der Waals surface area (Å²) < 4.78 is 27.3. The summed E-state index contributed by atoms with van der Waals surface area (Å²) in [5.74, 6) is -0.116. The number of carbonyl (C=O) groups excluding carboxylic acids is 1. The van der Waals surface area contributed by atoms with Crippen LogP contribution in [0.25, 0.3) is 0 Å². The van der Waals surface area contributed by atoms with Gasteiger partial charge in [0.2, 0.25) is 5.91 Å². The van der Waals surface area contributed by atoms with Gasteiger partial charge < -0.3 is 5.32 Å². The number of rotatable bonds is 4. The molecular formula is C15H12ClN3O5S. The number of fused-ring (bicyclic) bond motifs is 1. The molecule has 3 rings (SSSR count). The van der Waals surface area contributed by atoms with Crippen molar-refractivity contribution < 1.29 is 18.1 Å². The van der Waals surface area contributed by atoms with E-state index in [4.69, 9.17) is 11.6 Å². The highest BCUT2D eigenvalue weighted by molar-refractivity contribution is 7.92. The van der Waals surface area contributed by atoms with E-state index >= 15 is 0 Å². The number of carbonyl (C=O) groups is 1. The lowest BCUT2D eigenvalue weighted by atomic mass is 10.0. The van der Waals surface area contributed by atoms with Crippen molar-refractivity contribution in [3.63, 3.8) is 0 Å². The third kappa shape index (κ3) is 3.57. The van der Waals surface area contributed by atoms with Gasteiger partial charge in [-0.25, -0.2) is 8.42 Å². The minimum Gasteiger partial charge on any atom is -0.326 e. The maximum atomic E-state index is 12.5. The molecule has 2 aromatic carbocycles. The van der Waals surface area contributed by atoms with Crippen LogP contribution in [0.2, 0.25) is 5.02 Å². The first-order valence-corrected chi connectivity index (χ1v) is 9.02. The van der Waals surface area contributed by atoms with Gasteiger partial charge in [-0.2, -0.15) is 0 Å². The fourth-order valence-electron chi connectivity index (χ4n) is 2.46. The van der Waals surface area contributed by atoms with Crippen molar-refractivity contribution in [1.29, 1.82) is 0 Å². The molecule has 0 aromatic heterocycles. The summed E-state index contributed by atoms with van der Waals surface area (Å²) in [5.41, 5.74) is 0.930. The van der Waals surface area contributed by atoms with Gasteiger partial charge >= 0.3 is 0 Å². The molecule has 0 fully saturated rings. The van der Waals surface area contributed by atoms with E-state index in [1.165, 1.54) is 30.3 Å². The van der Waals surface area contributed by atoms with Crippen LogP contribution in [0.4, 0.5) is 17.1 Å². The number of halogens is 1. The molecule has 0 aliphatic carbocycles. The van der Waals surface area contributed by atoms with Crippen LogP contribution in [-0.4, -0.2) is 19.2 Å². The van der Waals surface area contributed by atoms with Gasteiger partial charge in [-0.05, 0) is 42.3 Å². The van der Waals surface area contributed by atoms with Crippen molar-refractivity contribution in [3.05, 3.63) is 57.1 Å². The molecule has 0 unspecified atom stereocenters. The van der Waals surface area contributed by atoms with E-state index in [1.54, 1.807) is 0 Å². The second-order valence-corrected chi connectivity index (χ2v) is 7.49. The lowest BCUT2D eigenvalue weighted by Gasteiger charge is -2.17. The Kier molecular flexibility index (Phi) is 4.36. The number of nitrogens with zero attached hydrogens (tertiary/aromatic N) is 1. The standard InChI is InChI=1S/C15H12ClN3O5S/c16-12-4-2-10(8-14(12)19(21)22)18-25(23,24)11-3-5-13-9(7-11)1-6-15(20)17-13/h2-5,7-8,18H,1,6H2,(H,17,20). The first-order chi connectivity index (χ1) is 11.8. The molecule has 10 heteroatoms. The summed E-state index contributed by atoms with van der Waals surface area (Å²) in [4.78, 5) is 21.6. The Hall–Kier alpha value is -2.65. The molecule has 1 aliphatic rings. The zero-order valence-corrected chi connectivity index (χ0v) is 14.2. The average Bonchev–Trinajstić information content (AvgIpc) is 2.55. The Morgan fingerprint density at radius 1 is 1.16 bits per heavy atom. The summed E-state index contributed by atoms with van der Waals surface area (Å²) >= 11 is 5.72. The van der Waals surface area contributed by atoms with Crippen LogP contribution >= 0.6 is 11.6 Å². The number of amides is 1. The summed E-state index contributed by atoms with van der Waals surface area (Å²) in [6.45, 7) is 0. The molecule has 1 heterocycles. The predicted molar refractivity (Wildman–Crippen MR) is 92.3 cm³/mol. The molecular weight excluding hydrogens is 370 g/mol. The molecule has 1 amide bonds. The predicted octanol–water partition coefficient (Wildman–Crippen LogP) is 2.93. The zero-order chi connectivity index (χ0) is 18.2. The van der Waals surface area contributed by atoms with E-state index < -0.39 is 20.6 Å². The highest BCUT2D eigenvalue weighted by atomic mass is 35.5. The lowest BCUT2D eigenvalue weighted by Crippen LogP contribution is -2.20. The first-order valence-electron chi connectivity index (χ1n) is 7.16. The Bertz CT molecular complexity index is 991. The number of hydrogen-bond acceptors (Lipinski definition) is 5. The van der Waals surface area contributed by atoms with Gasteiger partial charge in [0, 0.05) is 18.2 Å². The maximum Gasteiger partial charge on any atom is 0.289 e. The van der Waals surface area contributed by atoms with E-state index in [1.807, 2.05) is 0 Å². The quantitative estimate of drug-likeness (QED) is 0.623. The van der Waals surface area contributed by atoms with E-state index in [9.17, 15) is 23.3 Å². The van der Waals surface area contributed by atoms with Crippen LogP contribution in [0.5, 0.6) is 0 Å². The largest absolute Gasteiger partial charge is 0.326 e.